The summed E-state index contributed by atoms with van der Waals surface area (Å²) in [5.41, 5.74) is 1.96. The van der Waals surface area contributed by atoms with E-state index in [1.165, 1.54) is 18.9 Å². The first-order valence-electron chi connectivity index (χ1n) is 10.9. The molecule has 1 amide bonds. The van der Waals surface area contributed by atoms with Gasteiger partial charge in [-0.15, -0.1) is 16.8 Å². The number of aromatic nitrogens is 3. The summed E-state index contributed by atoms with van der Waals surface area (Å²) >= 11 is 4.75. The molecule has 0 saturated heterocycles. The van der Waals surface area contributed by atoms with Gasteiger partial charge in [-0.1, -0.05) is 39.8 Å². The van der Waals surface area contributed by atoms with Gasteiger partial charge in [-0.25, -0.2) is 4.79 Å². The minimum absolute atomic E-state index is 0.143. The fraction of sp³-hybridized carbons (Fsp3) is 0.280. The molecule has 0 aliphatic rings. The predicted octanol–water partition coefficient (Wildman–Crippen LogP) is 5.06. The van der Waals surface area contributed by atoms with Crippen LogP contribution in [0, 0.1) is 6.92 Å². The van der Waals surface area contributed by atoms with E-state index in [4.69, 9.17) is 9.47 Å². The lowest BCUT2D eigenvalue weighted by Gasteiger charge is -2.10. The van der Waals surface area contributed by atoms with E-state index >= 15 is 0 Å². The van der Waals surface area contributed by atoms with Crippen molar-refractivity contribution in [3.8, 4) is 5.75 Å². The highest BCUT2D eigenvalue weighted by molar-refractivity contribution is 9.10. The van der Waals surface area contributed by atoms with Crippen molar-refractivity contribution in [2.24, 2.45) is 0 Å². The summed E-state index contributed by atoms with van der Waals surface area (Å²) < 4.78 is 13.6. The number of anilines is 1. The van der Waals surface area contributed by atoms with E-state index in [2.05, 4.69) is 38.0 Å². The van der Waals surface area contributed by atoms with Crippen LogP contribution in [0.15, 0.2) is 64.7 Å². The van der Waals surface area contributed by atoms with Gasteiger partial charge in [0.25, 0.3) is 0 Å². The molecular formula is C25H27BrN4O4S. The molecule has 35 heavy (non-hydrogen) atoms. The second-order valence-electron chi connectivity index (χ2n) is 7.57. The number of aryl methyl sites for hydroxylation is 2. The van der Waals surface area contributed by atoms with Gasteiger partial charge in [-0.2, -0.15) is 0 Å². The van der Waals surface area contributed by atoms with Gasteiger partial charge in [0, 0.05) is 23.1 Å². The Morgan fingerprint density at radius 3 is 2.80 bits per heavy atom. The zero-order chi connectivity index (χ0) is 25.2. The second-order valence-corrected chi connectivity index (χ2v) is 9.43. The van der Waals surface area contributed by atoms with Crippen molar-refractivity contribution >= 4 is 45.3 Å². The Morgan fingerprint density at radius 2 is 2.06 bits per heavy atom. The number of rotatable bonds is 12. The number of benzene rings is 2. The molecule has 1 N–H and O–H groups in total. The molecule has 0 unspecified atom stereocenters. The van der Waals surface area contributed by atoms with Crippen LogP contribution >= 0.6 is 27.7 Å². The normalized spacial score (nSPS) is 10.6. The third-order valence-electron chi connectivity index (χ3n) is 4.94. The first-order valence-corrected chi connectivity index (χ1v) is 12.7. The van der Waals surface area contributed by atoms with Crippen LogP contribution in [0.25, 0.3) is 0 Å². The highest BCUT2D eigenvalue weighted by atomic mass is 79.9. The molecule has 8 nitrogen and oxygen atoms in total. The molecule has 1 heterocycles. The molecule has 2 aromatic carbocycles. The Morgan fingerprint density at radius 1 is 1.23 bits per heavy atom. The van der Waals surface area contributed by atoms with Crippen LogP contribution in [0.1, 0.15) is 28.2 Å². The predicted molar refractivity (Wildman–Crippen MR) is 140 cm³/mol. The maximum Gasteiger partial charge on any atom is 0.337 e. The monoisotopic (exact) mass is 558 g/mol. The first-order chi connectivity index (χ1) is 16.9. The molecule has 0 atom stereocenters. The number of amides is 1. The SMILES string of the molecule is C=CCn1c(CCCOc2ccc(Br)cc2C)nnc1SCC(=O)Nc1cccc(C(=O)OC)c1. The summed E-state index contributed by atoms with van der Waals surface area (Å²) in [4.78, 5) is 24.1. The van der Waals surface area contributed by atoms with Crippen molar-refractivity contribution in [1.29, 1.82) is 0 Å². The molecule has 10 heteroatoms. The van der Waals surface area contributed by atoms with Gasteiger partial charge in [0.05, 0.1) is 25.0 Å². The fourth-order valence-electron chi connectivity index (χ4n) is 3.28. The van der Waals surface area contributed by atoms with Gasteiger partial charge in [0.2, 0.25) is 5.91 Å². The van der Waals surface area contributed by atoms with E-state index in [1.807, 2.05) is 29.7 Å². The minimum atomic E-state index is -0.460. The van der Waals surface area contributed by atoms with Crippen LogP contribution in [0.3, 0.4) is 0 Å². The molecule has 0 radical (unpaired) electrons. The number of hydrogen-bond acceptors (Lipinski definition) is 7. The summed E-state index contributed by atoms with van der Waals surface area (Å²) in [6.07, 6.45) is 3.23. The molecule has 3 aromatic rings. The van der Waals surface area contributed by atoms with Gasteiger partial charge >= 0.3 is 5.97 Å². The average Bonchev–Trinajstić information content (AvgIpc) is 3.22. The number of carbonyl (C=O) groups is 2. The lowest BCUT2D eigenvalue weighted by Crippen LogP contribution is -2.15. The van der Waals surface area contributed by atoms with Crippen LogP contribution in [0.5, 0.6) is 5.75 Å². The highest BCUT2D eigenvalue weighted by Gasteiger charge is 2.14. The summed E-state index contributed by atoms with van der Waals surface area (Å²) in [6.45, 7) is 6.93. The van der Waals surface area contributed by atoms with Crippen molar-refractivity contribution in [2.45, 2.75) is 31.5 Å². The molecular weight excluding hydrogens is 532 g/mol. The van der Waals surface area contributed by atoms with Gasteiger partial charge in [0.1, 0.15) is 11.6 Å². The number of halogens is 1. The average molecular weight is 559 g/mol. The van der Waals surface area contributed by atoms with E-state index in [9.17, 15) is 9.59 Å². The highest BCUT2D eigenvalue weighted by Crippen LogP contribution is 2.23. The third kappa shape index (κ3) is 7.69. The first kappa shape index (κ1) is 26.5. The molecule has 0 spiro atoms. The van der Waals surface area contributed by atoms with E-state index < -0.39 is 5.97 Å². The fourth-order valence-corrected chi connectivity index (χ4v) is 4.52. The van der Waals surface area contributed by atoms with Crippen LogP contribution in [-0.2, 0) is 22.5 Å². The Kier molecular flexibility index (Phi) is 9.92. The second kappa shape index (κ2) is 13.1. The largest absolute Gasteiger partial charge is 0.493 e. The number of hydrogen-bond donors (Lipinski definition) is 1. The van der Waals surface area contributed by atoms with Crippen molar-refractivity contribution in [2.75, 3.05) is 24.8 Å². The molecule has 0 bridgehead atoms. The number of nitrogens with zero attached hydrogens (tertiary/aromatic N) is 3. The van der Waals surface area contributed by atoms with Crippen LogP contribution in [-0.4, -0.2) is 46.1 Å². The standard InChI is InChI=1S/C25H27BrN4O4S/c1-4-12-30-22(9-6-13-34-21-11-10-19(26)14-17(21)2)28-29-25(30)35-16-23(31)27-20-8-5-7-18(15-20)24(32)33-3/h4-5,7-8,10-11,14-15H,1,6,9,12-13,16H2,2-3H3,(H,27,31). The van der Waals surface area contributed by atoms with Crippen molar-refractivity contribution in [3.63, 3.8) is 0 Å². The van der Waals surface area contributed by atoms with Gasteiger partial charge in [-0.3, -0.25) is 4.79 Å². The summed E-state index contributed by atoms with van der Waals surface area (Å²) in [6, 6.07) is 12.5. The zero-order valence-corrected chi connectivity index (χ0v) is 22.0. The van der Waals surface area contributed by atoms with E-state index in [0.717, 1.165) is 28.0 Å². The van der Waals surface area contributed by atoms with E-state index in [1.54, 1.807) is 30.3 Å². The van der Waals surface area contributed by atoms with Gasteiger partial charge < -0.3 is 19.4 Å². The summed E-state index contributed by atoms with van der Waals surface area (Å²) in [7, 11) is 1.31. The summed E-state index contributed by atoms with van der Waals surface area (Å²) in [5, 5.41) is 12.0. The van der Waals surface area contributed by atoms with E-state index in [-0.39, 0.29) is 11.7 Å². The minimum Gasteiger partial charge on any atom is -0.493 e. The van der Waals surface area contributed by atoms with E-state index in [0.29, 0.717) is 36.0 Å². The molecule has 1 aromatic heterocycles. The quantitative estimate of drug-likeness (QED) is 0.143. The number of allylic oxidation sites excluding steroid dienone is 1. The number of thioether (sulfide) groups is 1. The van der Waals surface area contributed by atoms with Crippen molar-refractivity contribution in [3.05, 3.63) is 76.5 Å². The van der Waals surface area contributed by atoms with Crippen molar-refractivity contribution < 1.29 is 19.1 Å². The maximum absolute atomic E-state index is 12.5. The summed E-state index contributed by atoms with van der Waals surface area (Å²) in [5.74, 6) is 1.14. The molecule has 0 fully saturated rings. The lowest BCUT2D eigenvalue weighted by molar-refractivity contribution is -0.113. The Balaban J connectivity index is 1.53. The van der Waals surface area contributed by atoms with Gasteiger partial charge in [-0.05, 0) is 55.3 Å². The smallest absolute Gasteiger partial charge is 0.337 e. The molecule has 3 rings (SSSR count). The molecule has 0 aliphatic carbocycles. The number of esters is 1. The number of carbonyl (C=O) groups excluding carboxylic acids is 2. The number of nitrogens with one attached hydrogen (secondary N) is 1. The van der Waals surface area contributed by atoms with Crippen molar-refractivity contribution in [1.82, 2.24) is 14.8 Å². The Hall–Kier alpha value is -3.11. The van der Waals surface area contributed by atoms with Crippen LogP contribution in [0.2, 0.25) is 0 Å². The Bertz CT molecular complexity index is 1200. The lowest BCUT2D eigenvalue weighted by atomic mass is 10.2. The zero-order valence-electron chi connectivity index (χ0n) is 19.6. The molecule has 184 valence electrons. The Labute approximate surface area is 217 Å². The number of ether oxygens (including phenoxy) is 2. The number of methoxy groups -OCH3 is 1. The van der Waals surface area contributed by atoms with Crippen LogP contribution < -0.4 is 10.1 Å². The molecule has 0 saturated carbocycles. The molecule has 0 aliphatic heterocycles. The van der Waals surface area contributed by atoms with Gasteiger partial charge in [0.15, 0.2) is 5.16 Å². The van der Waals surface area contributed by atoms with Crippen LogP contribution in [0.4, 0.5) is 5.69 Å². The topological polar surface area (TPSA) is 95.3 Å². The third-order valence-corrected chi connectivity index (χ3v) is 6.40. The maximum atomic E-state index is 12.5.